The van der Waals surface area contributed by atoms with E-state index in [-0.39, 0.29) is 5.69 Å². The fraction of sp³-hybridized carbons (Fsp3) is 0.333. The van der Waals surface area contributed by atoms with E-state index in [1.54, 1.807) is 36.4 Å². The van der Waals surface area contributed by atoms with Gasteiger partial charge in [-0.25, -0.2) is 8.70 Å². The first-order valence-electron chi connectivity index (χ1n) is 8.49. The molecule has 0 radical (unpaired) electrons. The van der Waals surface area contributed by atoms with Gasteiger partial charge in [-0.15, -0.1) is 0 Å². The minimum atomic E-state index is -3.85. The third kappa shape index (κ3) is 2.98. The number of hydrogen-bond acceptors (Lipinski definition) is 3. The Morgan fingerprint density at radius 3 is 2.32 bits per heavy atom. The summed E-state index contributed by atoms with van der Waals surface area (Å²) in [6.07, 6.45) is 3.10. The fourth-order valence-corrected chi connectivity index (χ4v) is 4.88. The van der Waals surface area contributed by atoms with Gasteiger partial charge < -0.3 is 5.32 Å². The van der Waals surface area contributed by atoms with Gasteiger partial charge in [0.05, 0.1) is 17.1 Å². The molecule has 1 N–H and O–H groups in total. The molecule has 5 nitrogen and oxygen atoms in total. The second-order valence-corrected chi connectivity index (χ2v) is 8.07. The van der Waals surface area contributed by atoms with Crippen LogP contribution >= 0.6 is 0 Å². The van der Waals surface area contributed by atoms with Gasteiger partial charge in [0.15, 0.2) is 0 Å². The second-order valence-electron chi connectivity index (χ2n) is 6.37. The predicted octanol–water partition coefficient (Wildman–Crippen LogP) is 3.17. The van der Waals surface area contributed by atoms with Crippen molar-refractivity contribution in [2.24, 2.45) is 0 Å². The van der Waals surface area contributed by atoms with Crippen molar-refractivity contribution in [1.29, 1.82) is 0 Å². The number of hydrogen-bond donors (Lipinski definition) is 1. The van der Waals surface area contributed by atoms with Crippen LogP contribution in [0.3, 0.4) is 0 Å². The van der Waals surface area contributed by atoms with E-state index in [4.69, 9.17) is 0 Å². The molecule has 0 amide bonds. The Bertz CT molecular complexity index is 883. The summed E-state index contributed by atoms with van der Waals surface area (Å²) < 4.78 is 43.0. The lowest BCUT2D eigenvalue weighted by Crippen LogP contribution is -2.37. The Balaban J connectivity index is 1.65. The standard InChI is InChI=1S/C18H20FN3O2S/c19-15-6-1-2-7-16(15)22-18-9-4-3-8-17(18)21(25(22,23)24)13-5-12-20-14-10-11-14/h1-4,6-9,14,20H,5,10-13H2. The Labute approximate surface area is 147 Å². The van der Waals surface area contributed by atoms with Crippen LogP contribution in [0, 0.1) is 5.82 Å². The van der Waals surface area contributed by atoms with E-state index in [2.05, 4.69) is 5.32 Å². The average Bonchev–Trinajstić information content (AvgIpc) is 3.38. The largest absolute Gasteiger partial charge is 0.331 e. The second kappa shape index (κ2) is 6.31. The van der Waals surface area contributed by atoms with Crippen molar-refractivity contribution in [1.82, 2.24) is 5.32 Å². The van der Waals surface area contributed by atoms with Crippen LogP contribution in [0.1, 0.15) is 19.3 Å². The Morgan fingerprint density at radius 2 is 1.64 bits per heavy atom. The van der Waals surface area contributed by atoms with Gasteiger partial charge >= 0.3 is 10.2 Å². The molecule has 4 rings (SSSR count). The summed E-state index contributed by atoms with van der Waals surface area (Å²) in [5.41, 5.74) is 1.13. The number of nitrogens with zero attached hydrogens (tertiary/aromatic N) is 2. The topological polar surface area (TPSA) is 52.7 Å². The number of halogens is 1. The molecule has 7 heteroatoms. The third-order valence-corrected chi connectivity index (χ3v) is 6.29. The van der Waals surface area contributed by atoms with Crippen LogP contribution in [0.2, 0.25) is 0 Å². The fourth-order valence-electron chi connectivity index (χ4n) is 3.12. The van der Waals surface area contributed by atoms with Crippen LogP contribution < -0.4 is 13.9 Å². The number of benzene rings is 2. The molecule has 0 unspecified atom stereocenters. The minimum Gasteiger partial charge on any atom is -0.314 e. The number of nitrogens with one attached hydrogen (secondary N) is 1. The number of rotatable bonds is 6. The molecule has 2 aromatic rings. The minimum absolute atomic E-state index is 0.0496. The first kappa shape index (κ1) is 16.4. The maximum Gasteiger partial charge on any atom is 0.331 e. The average molecular weight is 361 g/mol. The molecule has 0 saturated heterocycles. The maximum absolute atomic E-state index is 14.3. The van der Waals surface area contributed by atoms with Gasteiger partial charge in [-0.1, -0.05) is 24.3 Å². The normalized spacial score (nSPS) is 18.4. The van der Waals surface area contributed by atoms with Gasteiger partial charge in [0.1, 0.15) is 5.82 Å². The lowest BCUT2D eigenvalue weighted by Gasteiger charge is -2.22. The quantitative estimate of drug-likeness (QED) is 0.804. The van der Waals surface area contributed by atoms with Crippen molar-refractivity contribution in [3.05, 3.63) is 54.3 Å². The van der Waals surface area contributed by atoms with E-state index >= 15 is 0 Å². The maximum atomic E-state index is 14.3. The Morgan fingerprint density at radius 1 is 1.00 bits per heavy atom. The van der Waals surface area contributed by atoms with Crippen LogP contribution in [-0.4, -0.2) is 27.5 Å². The highest BCUT2D eigenvalue weighted by atomic mass is 32.2. The molecular weight excluding hydrogens is 341 g/mol. The molecule has 1 fully saturated rings. The summed E-state index contributed by atoms with van der Waals surface area (Å²) in [6, 6.07) is 13.6. The van der Waals surface area contributed by atoms with E-state index in [0.717, 1.165) is 10.8 Å². The molecule has 1 heterocycles. The SMILES string of the molecule is O=S1(=O)N(CCCNC2CC2)c2ccccc2N1c1ccccc1F. The summed E-state index contributed by atoms with van der Waals surface area (Å²) in [6.45, 7) is 1.14. The highest BCUT2D eigenvalue weighted by molar-refractivity contribution is 7.95. The number of fused-ring (bicyclic) bond motifs is 1. The summed E-state index contributed by atoms with van der Waals surface area (Å²) >= 11 is 0. The van der Waals surface area contributed by atoms with Gasteiger partial charge in [-0.2, -0.15) is 8.42 Å². The molecule has 0 spiro atoms. The molecule has 1 saturated carbocycles. The zero-order valence-electron chi connectivity index (χ0n) is 13.7. The monoisotopic (exact) mass is 361 g/mol. The summed E-state index contributed by atoms with van der Waals surface area (Å²) in [4.78, 5) is 0. The van der Waals surface area contributed by atoms with Crippen molar-refractivity contribution in [3.63, 3.8) is 0 Å². The number of para-hydroxylation sites is 3. The number of anilines is 3. The lowest BCUT2D eigenvalue weighted by molar-refractivity contribution is 0.586. The molecule has 1 aliphatic heterocycles. The van der Waals surface area contributed by atoms with Crippen LogP contribution in [0.5, 0.6) is 0 Å². The van der Waals surface area contributed by atoms with Gasteiger partial charge in [0, 0.05) is 12.6 Å². The molecule has 0 bridgehead atoms. The van der Waals surface area contributed by atoms with E-state index in [1.807, 2.05) is 0 Å². The molecule has 25 heavy (non-hydrogen) atoms. The molecule has 0 aromatic heterocycles. The molecular formula is C18H20FN3O2S. The van der Waals surface area contributed by atoms with Crippen LogP contribution in [-0.2, 0) is 10.2 Å². The van der Waals surface area contributed by atoms with Crippen molar-refractivity contribution in [3.8, 4) is 0 Å². The highest BCUT2D eigenvalue weighted by Gasteiger charge is 2.41. The predicted molar refractivity (Wildman–Crippen MR) is 96.9 cm³/mol. The van der Waals surface area contributed by atoms with Gasteiger partial charge in [-0.3, -0.25) is 4.31 Å². The summed E-state index contributed by atoms with van der Waals surface area (Å²) in [5, 5.41) is 3.39. The van der Waals surface area contributed by atoms with Crippen LogP contribution in [0.15, 0.2) is 48.5 Å². The van der Waals surface area contributed by atoms with E-state index in [1.165, 1.54) is 29.3 Å². The third-order valence-electron chi connectivity index (χ3n) is 4.50. The summed E-state index contributed by atoms with van der Waals surface area (Å²) in [7, 11) is -3.85. The first-order valence-corrected chi connectivity index (χ1v) is 9.88. The zero-order valence-corrected chi connectivity index (χ0v) is 14.5. The lowest BCUT2D eigenvalue weighted by atomic mass is 10.2. The van der Waals surface area contributed by atoms with Crippen molar-refractivity contribution in [2.75, 3.05) is 21.7 Å². The van der Waals surface area contributed by atoms with Gasteiger partial charge in [0.25, 0.3) is 0 Å². The molecule has 0 atom stereocenters. The van der Waals surface area contributed by atoms with E-state index < -0.39 is 16.0 Å². The van der Waals surface area contributed by atoms with Gasteiger partial charge in [0.2, 0.25) is 0 Å². The highest BCUT2D eigenvalue weighted by Crippen LogP contribution is 2.45. The molecule has 132 valence electrons. The smallest absolute Gasteiger partial charge is 0.314 e. The van der Waals surface area contributed by atoms with Crippen molar-refractivity contribution >= 4 is 27.3 Å². The van der Waals surface area contributed by atoms with Gasteiger partial charge in [-0.05, 0) is 50.1 Å². The Kier molecular flexibility index (Phi) is 4.13. The van der Waals surface area contributed by atoms with E-state index in [0.29, 0.717) is 30.4 Å². The zero-order chi connectivity index (χ0) is 17.4. The van der Waals surface area contributed by atoms with Crippen molar-refractivity contribution in [2.45, 2.75) is 25.3 Å². The summed E-state index contributed by atoms with van der Waals surface area (Å²) in [5.74, 6) is -0.557. The Hall–Kier alpha value is -2.12. The molecule has 2 aromatic carbocycles. The van der Waals surface area contributed by atoms with Crippen LogP contribution in [0.4, 0.5) is 21.5 Å². The van der Waals surface area contributed by atoms with E-state index in [9.17, 15) is 12.8 Å². The molecule has 1 aliphatic carbocycles. The van der Waals surface area contributed by atoms with Crippen molar-refractivity contribution < 1.29 is 12.8 Å². The van der Waals surface area contributed by atoms with Crippen LogP contribution in [0.25, 0.3) is 0 Å². The first-order chi connectivity index (χ1) is 12.1. The molecule has 2 aliphatic rings.